The number of nitrogens with zero attached hydrogens (tertiary/aromatic N) is 3. The molecule has 0 saturated heterocycles. The Morgan fingerprint density at radius 1 is 1.28 bits per heavy atom. The summed E-state index contributed by atoms with van der Waals surface area (Å²) in [5.41, 5.74) is 5.75. The molecule has 1 N–H and O–H groups in total. The molecule has 0 aliphatic carbocycles. The average molecular weight is 240 g/mol. The number of nitrogens with one attached hydrogen (secondary N) is 1. The van der Waals surface area contributed by atoms with Crippen LogP contribution in [0.2, 0.25) is 0 Å². The Morgan fingerprint density at radius 3 is 2.78 bits per heavy atom. The molecule has 0 aromatic carbocycles. The van der Waals surface area contributed by atoms with Gasteiger partial charge in [-0.3, -0.25) is 4.68 Å². The zero-order chi connectivity index (χ0) is 12.7. The van der Waals surface area contributed by atoms with Crippen molar-refractivity contribution in [3.63, 3.8) is 0 Å². The normalized spacial score (nSPS) is 11.3. The number of aromatic amines is 1. The maximum Gasteiger partial charge on any atom is 0.137 e. The summed E-state index contributed by atoms with van der Waals surface area (Å²) in [6, 6.07) is 2.20. The molecule has 92 valence electrons. The Morgan fingerprint density at radius 2 is 2.11 bits per heavy atom. The van der Waals surface area contributed by atoms with Crippen molar-refractivity contribution >= 4 is 11.0 Å². The van der Waals surface area contributed by atoms with Crippen molar-refractivity contribution in [1.29, 1.82) is 0 Å². The third-order valence-electron chi connectivity index (χ3n) is 3.36. The Hall–Kier alpha value is -2.10. The molecule has 0 amide bonds. The van der Waals surface area contributed by atoms with Crippen LogP contribution in [0, 0.1) is 6.92 Å². The predicted octanol–water partition coefficient (Wildman–Crippen LogP) is 2.83. The molecule has 18 heavy (non-hydrogen) atoms. The van der Waals surface area contributed by atoms with Crippen LogP contribution >= 0.6 is 0 Å². The molecular formula is C14H16N4. The summed E-state index contributed by atoms with van der Waals surface area (Å²) in [4.78, 5) is 7.83. The summed E-state index contributed by atoms with van der Waals surface area (Å²) in [6.45, 7) is 4.27. The number of hydrogen-bond donors (Lipinski definition) is 1. The third kappa shape index (κ3) is 1.61. The molecule has 0 unspecified atom stereocenters. The van der Waals surface area contributed by atoms with E-state index in [0.29, 0.717) is 0 Å². The number of pyridine rings is 1. The molecule has 0 spiro atoms. The minimum atomic E-state index is 0.969. The fourth-order valence-electron chi connectivity index (χ4n) is 2.43. The lowest BCUT2D eigenvalue weighted by Gasteiger charge is -1.99. The first-order valence-electron chi connectivity index (χ1n) is 6.15. The number of hydrogen-bond acceptors (Lipinski definition) is 2. The summed E-state index contributed by atoms with van der Waals surface area (Å²) in [7, 11) is 1.92. The van der Waals surface area contributed by atoms with Gasteiger partial charge in [-0.25, -0.2) is 4.98 Å². The fourth-order valence-corrected chi connectivity index (χ4v) is 2.43. The van der Waals surface area contributed by atoms with Gasteiger partial charge in [-0.2, -0.15) is 5.10 Å². The van der Waals surface area contributed by atoms with Crippen LogP contribution in [0.25, 0.3) is 22.2 Å². The minimum absolute atomic E-state index is 0.969. The molecule has 3 heterocycles. The Kier molecular flexibility index (Phi) is 2.44. The van der Waals surface area contributed by atoms with E-state index in [1.165, 1.54) is 16.6 Å². The van der Waals surface area contributed by atoms with Crippen molar-refractivity contribution in [3.8, 4) is 11.1 Å². The van der Waals surface area contributed by atoms with Crippen molar-refractivity contribution in [2.24, 2.45) is 7.05 Å². The maximum atomic E-state index is 4.50. The van der Waals surface area contributed by atoms with Gasteiger partial charge in [0.05, 0.1) is 6.20 Å². The fraction of sp³-hybridized carbons (Fsp3) is 0.286. The summed E-state index contributed by atoms with van der Waals surface area (Å²) in [6.07, 6.45) is 6.79. The highest BCUT2D eigenvalue weighted by atomic mass is 15.2. The van der Waals surface area contributed by atoms with Crippen LogP contribution in [-0.4, -0.2) is 19.7 Å². The lowest BCUT2D eigenvalue weighted by Crippen LogP contribution is -1.84. The van der Waals surface area contributed by atoms with Crippen LogP contribution in [-0.2, 0) is 13.5 Å². The first-order chi connectivity index (χ1) is 8.69. The van der Waals surface area contributed by atoms with E-state index in [-0.39, 0.29) is 0 Å². The van der Waals surface area contributed by atoms with E-state index in [1.807, 2.05) is 30.3 Å². The van der Waals surface area contributed by atoms with Crippen molar-refractivity contribution in [3.05, 3.63) is 35.9 Å². The summed E-state index contributed by atoms with van der Waals surface area (Å²) < 4.78 is 1.81. The first kappa shape index (κ1) is 11.0. The van der Waals surface area contributed by atoms with E-state index in [2.05, 4.69) is 35.0 Å². The van der Waals surface area contributed by atoms with E-state index >= 15 is 0 Å². The lowest BCUT2D eigenvalue weighted by molar-refractivity contribution is 0.768. The Labute approximate surface area is 106 Å². The predicted molar refractivity (Wildman–Crippen MR) is 72.4 cm³/mol. The van der Waals surface area contributed by atoms with E-state index in [0.717, 1.165) is 23.2 Å². The molecular weight excluding hydrogens is 224 g/mol. The number of H-pyrrole nitrogens is 1. The summed E-state index contributed by atoms with van der Waals surface area (Å²) in [5, 5.41) is 5.42. The quantitative estimate of drug-likeness (QED) is 0.748. The van der Waals surface area contributed by atoms with Crippen LogP contribution in [0.15, 0.2) is 24.7 Å². The molecule has 0 aliphatic rings. The van der Waals surface area contributed by atoms with Gasteiger partial charge in [0.15, 0.2) is 0 Å². The monoisotopic (exact) mass is 240 g/mol. The molecule has 3 rings (SSSR count). The third-order valence-corrected chi connectivity index (χ3v) is 3.36. The van der Waals surface area contributed by atoms with Gasteiger partial charge in [-0.1, -0.05) is 6.92 Å². The molecule has 4 heteroatoms. The zero-order valence-corrected chi connectivity index (χ0v) is 10.9. The largest absolute Gasteiger partial charge is 0.343 e. The second kappa shape index (κ2) is 3.98. The zero-order valence-electron chi connectivity index (χ0n) is 10.9. The maximum absolute atomic E-state index is 4.50. The highest BCUT2D eigenvalue weighted by molar-refractivity contribution is 5.85. The molecule has 0 bridgehead atoms. The van der Waals surface area contributed by atoms with Gasteiger partial charge in [0.25, 0.3) is 0 Å². The first-order valence-corrected chi connectivity index (χ1v) is 6.15. The molecule has 0 atom stereocenters. The van der Waals surface area contributed by atoms with Crippen molar-refractivity contribution < 1.29 is 0 Å². The van der Waals surface area contributed by atoms with Gasteiger partial charge >= 0.3 is 0 Å². The van der Waals surface area contributed by atoms with E-state index in [1.54, 1.807) is 0 Å². The van der Waals surface area contributed by atoms with Crippen LogP contribution in [0.5, 0.6) is 0 Å². The summed E-state index contributed by atoms with van der Waals surface area (Å²) in [5.74, 6) is 0. The van der Waals surface area contributed by atoms with Gasteiger partial charge in [0, 0.05) is 41.6 Å². The van der Waals surface area contributed by atoms with Crippen molar-refractivity contribution in [2.45, 2.75) is 20.3 Å². The van der Waals surface area contributed by atoms with Gasteiger partial charge in [-0.05, 0) is 25.0 Å². The van der Waals surface area contributed by atoms with Gasteiger partial charge < -0.3 is 4.98 Å². The molecule has 3 aromatic heterocycles. The molecule has 4 nitrogen and oxygen atoms in total. The highest BCUT2D eigenvalue weighted by Crippen LogP contribution is 2.26. The smallest absolute Gasteiger partial charge is 0.137 e. The number of fused-ring (bicyclic) bond motifs is 1. The van der Waals surface area contributed by atoms with Gasteiger partial charge in [0.2, 0.25) is 0 Å². The van der Waals surface area contributed by atoms with Crippen LogP contribution in [0.4, 0.5) is 0 Å². The van der Waals surface area contributed by atoms with Crippen LogP contribution in [0.3, 0.4) is 0 Å². The standard InChI is InChI=1S/C14H16N4/c1-4-12-9(2)17-14-13(12)5-10(6-15-14)11-7-16-18(3)8-11/h5-8H,4H2,1-3H3,(H,15,17). The second-order valence-corrected chi connectivity index (χ2v) is 4.60. The second-order valence-electron chi connectivity index (χ2n) is 4.60. The van der Waals surface area contributed by atoms with Crippen molar-refractivity contribution in [1.82, 2.24) is 19.7 Å². The van der Waals surface area contributed by atoms with Gasteiger partial charge in [0.1, 0.15) is 5.65 Å². The summed E-state index contributed by atoms with van der Waals surface area (Å²) >= 11 is 0. The minimum Gasteiger partial charge on any atom is -0.343 e. The molecule has 0 fully saturated rings. The van der Waals surface area contributed by atoms with Crippen LogP contribution in [0.1, 0.15) is 18.2 Å². The van der Waals surface area contributed by atoms with Gasteiger partial charge in [-0.15, -0.1) is 0 Å². The Bertz CT molecular complexity index is 706. The van der Waals surface area contributed by atoms with E-state index < -0.39 is 0 Å². The average Bonchev–Trinajstić information content (AvgIpc) is 2.91. The highest BCUT2D eigenvalue weighted by Gasteiger charge is 2.09. The van der Waals surface area contributed by atoms with E-state index in [9.17, 15) is 0 Å². The number of rotatable bonds is 2. The SMILES string of the molecule is CCc1c(C)[nH]c2ncc(-c3cnn(C)c3)cc12. The van der Waals surface area contributed by atoms with Crippen LogP contribution < -0.4 is 0 Å². The number of aromatic nitrogens is 4. The topological polar surface area (TPSA) is 46.5 Å². The van der Waals surface area contributed by atoms with Crippen molar-refractivity contribution in [2.75, 3.05) is 0 Å². The Balaban J connectivity index is 2.21. The lowest BCUT2D eigenvalue weighted by atomic mass is 10.1. The molecule has 0 aliphatic heterocycles. The molecule has 3 aromatic rings. The number of aryl methyl sites for hydroxylation is 3. The molecule has 0 radical (unpaired) electrons. The van der Waals surface area contributed by atoms with E-state index in [4.69, 9.17) is 0 Å². The molecule has 0 saturated carbocycles.